The number of allylic oxidation sites excluding steroid dienone is 1. The van der Waals surface area contributed by atoms with E-state index in [1.165, 1.54) is 5.56 Å². The quantitative estimate of drug-likeness (QED) is 0.336. The summed E-state index contributed by atoms with van der Waals surface area (Å²) in [5, 5.41) is 8.20. The van der Waals surface area contributed by atoms with Crippen LogP contribution in [0.4, 0.5) is 5.82 Å². The standard InChI is InChI=1S/C29H27N3O2/c1-20-26(18-10-21-8-14-24(33-2)15-9-21)31-32(29(20)23-11-16-25(34-3)17-12-23)28-19-13-22-6-4-5-7-27(22)30-28/h4-20,29H,1-3H3. The number of anilines is 1. The van der Waals surface area contributed by atoms with Crippen LogP contribution in [0.25, 0.3) is 17.0 Å². The normalized spacial score (nSPS) is 17.9. The average molecular weight is 450 g/mol. The van der Waals surface area contributed by atoms with Crippen molar-refractivity contribution in [3.63, 3.8) is 0 Å². The number of pyridine rings is 1. The van der Waals surface area contributed by atoms with E-state index in [9.17, 15) is 0 Å². The van der Waals surface area contributed by atoms with Crippen LogP contribution in [-0.2, 0) is 0 Å². The Morgan fingerprint density at radius 1 is 0.765 bits per heavy atom. The number of ether oxygens (including phenoxy) is 2. The second-order valence-electron chi connectivity index (χ2n) is 8.34. The second-order valence-corrected chi connectivity index (χ2v) is 8.34. The summed E-state index contributed by atoms with van der Waals surface area (Å²) in [6.45, 7) is 2.22. The maximum atomic E-state index is 5.37. The number of para-hydroxylation sites is 1. The summed E-state index contributed by atoms with van der Waals surface area (Å²) in [4.78, 5) is 4.93. The van der Waals surface area contributed by atoms with Crippen LogP contribution in [0.15, 0.2) is 96.1 Å². The van der Waals surface area contributed by atoms with Crippen LogP contribution in [0.2, 0.25) is 0 Å². The van der Waals surface area contributed by atoms with E-state index in [4.69, 9.17) is 19.6 Å². The largest absolute Gasteiger partial charge is 0.497 e. The van der Waals surface area contributed by atoms with Crippen LogP contribution in [0.5, 0.6) is 11.5 Å². The van der Waals surface area contributed by atoms with Crippen molar-refractivity contribution in [3.8, 4) is 11.5 Å². The van der Waals surface area contributed by atoms with E-state index >= 15 is 0 Å². The summed E-state index contributed by atoms with van der Waals surface area (Å²) in [6.07, 6.45) is 4.20. The number of hydrogen-bond donors (Lipinski definition) is 0. The van der Waals surface area contributed by atoms with Gasteiger partial charge in [0.25, 0.3) is 0 Å². The molecule has 34 heavy (non-hydrogen) atoms. The lowest BCUT2D eigenvalue weighted by molar-refractivity contribution is 0.414. The van der Waals surface area contributed by atoms with E-state index in [-0.39, 0.29) is 12.0 Å². The van der Waals surface area contributed by atoms with Gasteiger partial charge in [-0.25, -0.2) is 9.99 Å². The van der Waals surface area contributed by atoms with Crippen LogP contribution in [0.3, 0.4) is 0 Å². The Morgan fingerprint density at radius 3 is 2.15 bits per heavy atom. The zero-order chi connectivity index (χ0) is 23.5. The molecule has 0 spiro atoms. The molecule has 1 aromatic heterocycles. The molecule has 0 bridgehead atoms. The van der Waals surface area contributed by atoms with Gasteiger partial charge in [-0.2, -0.15) is 5.10 Å². The van der Waals surface area contributed by atoms with Crippen molar-refractivity contribution in [2.75, 3.05) is 19.2 Å². The smallest absolute Gasteiger partial charge is 0.150 e. The Hall–Kier alpha value is -4.12. The molecule has 0 aliphatic carbocycles. The van der Waals surface area contributed by atoms with Gasteiger partial charge < -0.3 is 9.47 Å². The number of fused-ring (bicyclic) bond motifs is 1. The molecule has 1 aliphatic heterocycles. The number of hydrogen-bond acceptors (Lipinski definition) is 5. The van der Waals surface area contributed by atoms with Crippen molar-refractivity contribution in [1.29, 1.82) is 0 Å². The van der Waals surface area contributed by atoms with Gasteiger partial charge >= 0.3 is 0 Å². The first kappa shape index (κ1) is 21.7. The van der Waals surface area contributed by atoms with Crippen LogP contribution >= 0.6 is 0 Å². The Kier molecular flexibility index (Phi) is 6.00. The molecule has 5 nitrogen and oxygen atoms in total. The minimum Gasteiger partial charge on any atom is -0.497 e. The zero-order valence-electron chi connectivity index (χ0n) is 19.6. The highest BCUT2D eigenvalue weighted by Gasteiger charge is 2.36. The third-order valence-electron chi connectivity index (χ3n) is 6.26. The van der Waals surface area contributed by atoms with Gasteiger partial charge in [-0.3, -0.25) is 0 Å². The second kappa shape index (κ2) is 9.40. The van der Waals surface area contributed by atoms with Crippen molar-refractivity contribution in [3.05, 3.63) is 102 Å². The van der Waals surface area contributed by atoms with Crippen LogP contribution in [-0.4, -0.2) is 24.9 Å². The van der Waals surface area contributed by atoms with Crippen LogP contribution < -0.4 is 14.5 Å². The highest BCUT2D eigenvalue weighted by molar-refractivity contribution is 6.02. The van der Waals surface area contributed by atoms with E-state index in [1.807, 2.05) is 65.7 Å². The molecule has 0 saturated carbocycles. The van der Waals surface area contributed by atoms with E-state index in [0.29, 0.717) is 0 Å². The van der Waals surface area contributed by atoms with Gasteiger partial charge in [-0.05, 0) is 59.7 Å². The number of rotatable bonds is 6. The Morgan fingerprint density at radius 2 is 1.44 bits per heavy atom. The predicted octanol–water partition coefficient (Wildman–Crippen LogP) is 6.52. The molecule has 4 aromatic rings. The van der Waals surface area contributed by atoms with Crippen LogP contribution in [0.1, 0.15) is 24.1 Å². The summed E-state index contributed by atoms with van der Waals surface area (Å²) in [5.41, 5.74) is 4.23. The SMILES string of the molecule is COc1ccc(C=CC2=NN(c3ccc4ccccc4n3)C(c3ccc(OC)cc3)C2C)cc1. The molecule has 1 aliphatic rings. The molecule has 170 valence electrons. The van der Waals surface area contributed by atoms with E-state index < -0.39 is 0 Å². The van der Waals surface area contributed by atoms with Crippen molar-refractivity contribution < 1.29 is 9.47 Å². The highest BCUT2D eigenvalue weighted by atomic mass is 16.5. The number of methoxy groups -OCH3 is 2. The maximum absolute atomic E-state index is 5.37. The Labute approximate surface area is 200 Å². The molecular weight excluding hydrogens is 422 g/mol. The van der Waals surface area contributed by atoms with E-state index in [2.05, 4.69) is 43.3 Å². The monoisotopic (exact) mass is 449 g/mol. The third-order valence-corrected chi connectivity index (χ3v) is 6.26. The zero-order valence-corrected chi connectivity index (χ0v) is 19.6. The van der Waals surface area contributed by atoms with E-state index in [0.717, 1.165) is 39.5 Å². The molecule has 0 saturated heterocycles. The summed E-state index contributed by atoms with van der Waals surface area (Å²) < 4.78 is 10.6. The Balaban J connectivity index is 1.52. The van der Waals surface area contributed by atoms with Crippen LogP contribution in [0, 0.1) is 5.92 Å². The fourth-order valence-corrected chi connectivity index (χ4v) is 4.34. The fourth-order valence-electron chi connectivity index (χ4n) is 4.34. The highest BCUT2D eigenvalue weighted by Crippen LogP contribution is 2.39. The maximum Gasteiger partial charge on any atom is 0.150 e. The molecule has 0 fully saturated rings. The first-order valence-electron chi connectivity index (χ1n) is 11.4. The molecular formula is C29H27N3O2. The summed E-state index contributed by atoms with van der Waals surface area (Å²) >= 11 is 0. The minimum absolute atomic E-state index is 0.0232. The third kappa shape index (κ3) is 4.25. The first-order chi connectivity index (χ1) is 16.7. The van der Waals surface area contributed by atoms with Gasteiger partial charge in [-0.1, -0.05) is 55.5 Å². The van der Waals surface area contributed by atoms with Gasteiger partial charge in [0.2, 0.25) is 0 Å². The van der Waals surface area contributed by atoms with Gasteiger partial charge in [0, 0.05) is 11.3 Å². The molecule has 3 aromatic carbocycles. The summed E-state index contributed by atoms with van der Waals surface area (Å²) in [6, 6.07) is 28.6. The molecule has 0 radical (unpaired) electrons. The Bertz CT molecular complexity index is 1340. The van der Waals surface area contributed by atoms with Gasteiger partial charge in [0.15, 0.2) is 0 Å². The number of aromatic nitrogens is 1. The lowest BCUT2D eigenvalue weighted by atomic mass is 9.91. The number of hydrazone groups is 1. The lowest BCUT2D eigenvalue weighted by Crippen LogP contribution is -2.24. The van der Waals surface area contributed by atoms with E-state index in [1.54, 1.807) is 14.2 Å². The van der Waals surface area contributed by atoms with Crippen molar-refractivity contribution in [1.82, 2.24) is 4.98 Å². The first-order valence-corrected chi connectivity index (χ1v) is 11.4. The fraction of sp³-hybridized carbons (Fsp3) is 0.172. The molecule has 2 atom stereocenters. The molecule has 5 heteroatoms. The molecule has 0 N–H and O–H groups in total. The molecule has 2 heterocycles. The van der Waals surface area contributed by atoms with Crippen molar-refractivity contribution >= 4 is 28.5 Å². The number of benzene rings is 3. The molecule has 2 unspecified atom stereocenters. The predicted molar refractivity (Wildman–Crippen MR) is 139 cm³/mol. The van der Waals surface area contributed by atoms with Gasteiger partial charge in [0.1, 0.15) is 17.3 Å². The molecule has 0 amide bonds. The van der Waals surface area contributed by atoms with Crippen molar-refractivity contribution in [2.24, 2.45) is 11.0 Å². The van der Waals surface area contributed by atoms with Gasteiger partial charge in [-0.15, -0.1) is 0 Å². The summed E-state index contributed by atoms with van der Waals surface area (Å²) in [7, 11) is 3.36. The molecule has 5 rings (SSSR count). The van der Waals surface area contributed by atoms with Gasteiger partial charge in [0.05, 0.1) is 31.5 Å². The topological polar surface area (TPSA) is 47.0 Å². The minimum atomic E-state index is 0.0232. The summed E-state index contributed by atoms with van der Waals surface area (Å²) in [5.74, 6) is 2.68. The lowest BCUT2D eigenvalue weighted by Gasteiger charge is -2.26. The number of nitrogens with zero attached hydrogens (tertiary/aromatic N) is 3. The van der Waals surface area contributed by atoms with Crippen molar-refractivity contribution in [2.45, 2.75) is 13.0 Å². The average Bonchev–Trinajstić information content (AvgIpc) is 3.23.